The van der Waals surface area contributed by atoms with Crippen LogP contribution in [0.3, 0.4) is 0 Å². The van der Waals surface area contributed by atoms with Gasteiger partial charge in [-0.2, -0.15) is 0 Å². The van der Waals surface area contributed by atoms with E-state index in [1.807, 2.05) is 31.2 Å². The molecule has 1 spiro atoms. The van der Waals surface area contributed by atoms with Gasteiger partial charge in [0.25, 0.3) is 0 Å². The summed E-state index contributed by atoms with van der Waals surface area (Å²) in [5, 5.41) is -0.0453. The SMILES string of the molecule is COc1ccc(COCC[C@H](O[Si](C)(C)C(C)(C)C)[C@H](C)C(=O)N2[C@@H]3C[C@H]4CC[C@]3(CS2(=O)=O)C4(C)C)cc1. The number of fused-ring (bicyclic) bond motifs is 1. The molecule has 220 valence electrons. The van der Waals surface area contributed by atoms with Crippen molar-refractivity contribution in [2.75, 3.05) is 19.5 Å². The second-order valence-corrected chi connectivity index (χ2v) is 20.8. The van der Waals surface area contributed by atoms with Gasteiger partial charge in [-0.05, 0) is 72.8 Å². The van der Waals surface area contributed by atoms with E-state index in [0.29, 0.717) is 25.6 Å². The molecule has 39 heavy (non-hydrogen) atoms. The zero-order valence-corrected chi connectivity index (χ0v) is 27.2. The molecule has 0 unspecified atom stereocenters. The first-order chi connectivity index (χ1) is 18.0. The summed E-state index contributed by atoms with van der Waals surface area (Å²) in [4.78, 5) is 14.1. The quantitative estimate of drug-likeness (QED) is 0.250. The molecule has 2 bridgehead atoms. The van der Waals surface area contributed by atoms with Gasteiger partial charge in [0, 0.05) is 12.0 Å². The molecule has 2 aliphatic carbocycles. The third-order valence-electron chi connectivity index (χ3n) is 10.8. The molecule has 1 aromatic rings. The largest absolute Gasteiger partial charge is 0.497 e. The van der Waals surface area contributed by atoms with Gasteiger partial charge in [0.15, 0.2) is 8.32 Å². The number of carbonyl (C=O) groups excluding carboxylic acids is 1. The summed E-state index contributed by atoms with van der Waals surface area (Å²) in [5.41, 5.74) is 0.632. The van der Waals surface area contributed by atoms with Crippen molar-refractivity contribution < 1.29 is 27.1 Å². The highest BCUT2D eigenvalue weighted by Crippen LogP contribution is 2.70. The number of carbonyl (C=O) groups is 1. The Kier molecular flexibility index (Phi) is 8.18. The van der Waals surface area contributed by atoms with Crippen molar-refractivity contribution in [3.63, 3.8) is 0 Å². The summed E-state index contributed by atoms with van der Waals surface area (Å²) >= 11 is 0. The van der Waals surface area contributed by atoms with Gasteiger partial charge in [0.05, 0.1) is 37.5 Å². The standard InChI is InChI=1S/C30H49NO6SSi/c1-21(27(32)31-26-18-23-14-16-30(26,29(23,5)6)20-38(31,33)34)25(37-39(8,9)28(2,3)4)15-17-36-19-22-10-12-24(35-7)13-11-22/h10-13,21,23,25-26H,14-20H2,1-9H3/t21-,23+,25-,26+,30+/m0/s1. The van der Waals surface area contributed by atoms with E-state index in [4.69, 9.17) is 13.9 Å². The Morgan fingerprint density at radius 3 is 2.38 bits per heavy atom. The highest BCUT2D eigenvalue weighted by molar-refractivity contribution is 7.90. The molecule has 1 aliphatic heterocycles. The fraction of sp³-hybridized carbons (Fsp3) is 0.767. The Bertz CT molecular complexity index is 1160. The van der Waals surface area contributed by atoms with Crippen LogP contribution in [0.4, 0.5) is 0 Å². The molecule has 7 nitrogen and oxygen atoms in total. The van der Waals surface area contributed by atoms with Crippen LogP contribution in [-0.2, 0) is 30.6 Å². The van der Waals surface area contributed by atoms with Crippen LogP contribution in [0.15, 0.2) is 24.3 Å². The third kappa shape index (κ3) is 5.33. The van der Waals surface area contributed by atoms with Crippen LogP contribution in [0.5, 0.6) is 5.75 Å². The van der Waals surface area contributed by atoms with Crippen molar-refractivity contribution in [1.29, 1.82) is 0 Å². The maximum absolute atomic E-state index is 14.1. The number of benzene rings is 1. The Balaban J connectivity index is 1.51. The first kappa shape index (κ1) is 30.5. The van der Waals surface area contributed by atoms with Gasteiger partial charge >= 0.3 is 0 Å². The lowest BCUT2D eigenvalue weighted by atomic mass is 9.69. The highest BCUT2D eigenvalue weighted by atomic mass is 32.2. The Morgan fingerprint density at radius 1 is 1.18 bits per heavy atom. The predicted octanol–water partition coefficient (Wildman–Crippen LogP) is 6.00. The van der Waals surface area contributed by atoms with Crippen molar-refractivity contribution in [3.8, 4) is 5.75 Å². The number of hydrogen-bond donors (Lipinski definition) is 0. The summed E-state index contributed by atoms with van der Waals surface area (Å²) in [7, 11) is -4.28. The predicted molar refractivity (Wildman–Crippen MR) is 156 cm³/mol. The number of methoxy groups -OCH3 is 1. The van der Waals surface area contributed by atoms with Gasteiger partial charge in [-0.15, -0.1) is 0 Å². The first-order valence-electron chi connectivity index (χ1n) is 14.4. The summed E-state index contributed by atoms with van der Waals surface area (Å²) in [6.07, 6.45) is 2.82. The molecule has 3 fully saturated rings. The van der Waals surface area contributed by atoms with E-state index in [1.54, 1.807) is 7.11 Å². The molecular formula is C30H49NO6SSi. The maximum atomic E-state index is 14.1. The molecule has 1 amide bonds. The fourth-order valence-electron chi connectivity index (χ4n) is 7.02. The van der Waals surface area contributed by atoms with E-state index in [1.165, 1.54) is 4.31 Å². The van der Waals surface area contributed by atoms with Crippen LogP contribution in [0.25, 0.3) is 0 Å². The van der Waals surface area contributed by atoms with E-state index in [9.17, 15) is 13.2 Å². The summed E-state index contributed by atoms with van der Waals surface area (Å²) in [5.74, 6) is 0.460. The molecule has 1 heterocycles. The first-order valence-corrected chi connectivity index (χ1v) is 18.9. The molecule has 0 radical (unpaired) electrons. The van der Waals surface area contributed by atoms with Crippen LogP contribution in [0, 0.1) is 22.7 Å². The average molecular weight is 580 g/mol. The molecule has 2 saturated carbocycles. The van der Waals surface area contributed by atoms with Crippen molar-refractivity contribution in [2.24, 2.45) is 22.7 Å². The third-order valence-corrected chi connectivity index (χ3v) is 17.2. The number of nitrogens with zero attached hydrogens (tertiary/aromatic N) is 1. The number of hydrogen-bond acceptors (Lipinski definition) is 6. The molecule has 0 N–H and O–H groups in total. The minimum absolute atomic E-state index is 0.0453. The van der Waals surface area contributed by atoms with E-state index >= 15 is 0 Å². The topological polar surface area (TPSA) is 82.1 Å². The van der Waals surface area contributed by atoms with Gasteiger partial charge in [0.2, 0.25) is 15.9 Å². The van der Waals surface area contributed by atoms with Crippen molar-refractivity contribution >= 4 is 24.2 Å². The monoisotopic (exact) mass is 579 g/mol. The van der Waals surface area contributed by atoms with E-state index < -0.39 is 30.4 Å². The lowest BCUT2D eigenvalue weighted by molar-refractivity contribution is -0.136. The van der Waals surface area contributed by atoms with Crippen molar-refractivity contribution in [3.05, 3.63) is 29.8 Å². The number of sulfonamides is 1. The fourth-order valence-corrected chi connectivity index (χ4v) is 11.1. The molecule has 0 aromatic heterocycles. The van der Waals surface area contributed by atoms with Gasteiger partial charge in [-0.25, -0.2) is 12.7 Å². The lowest BCUT2D eigenvalue weighted by Gasteiger charge is -2.41. The maximum Gasteiger partial charge on any atom is 0.241 e. The minimum Gasteiger partial charge on any atom is -0.497 e. The Hall–Kier alpha value is -1.42. The molecule has 5 atom stereocenters. The number of ether oxygens (including phenoxy) is 2. The molecule has 9 heteroatoms. The van der Waals surface area contributed by atoms with E-state index in [0.717, 1.165) is 30.6 Å². The Morgan fingerprint density at radius 2 is 1.82 bits per heavy atom. The van der Waals surface area contributed by atoms with Crippen molar-refractivity contribution in [2.45, 2.75) is 104 Å². The van der Waals surface area contributed by atoms with Crippen LogP contribution in [0.2, 0.25) is 18.1 Å². The lowest BCUT2D eigenvalue weighted by Crippen LogP contribution is -2.51. The Labute approximate surface area is 237 Å². The number of amides is 1. The average Bonchev–Trinajstić information content (AvgIpc) is 3.32. The second-order valence-electron chi connectivity index (χ2n) is 14.1. The molecule has 3 aliphatic rings. The van der Waals surface area contributed by atoms with Gasteiger partial charge in [0.1, 0.15) is 5.75 Å². The van der Waals surface area contributed by atoms with E-state index in [-0.39, 0.29) is 33.6 Å². The van der Waals surface area contributed by atoms with Crippen LogP contribution in [0.1, 0.15) is 72.8 Å². The zero-order valence-electron chi connectivity index (χ0n) is 25.4. The minimum atomic E-state index is -3.68. The number of rotatable bonds is 10. The van der Waals surface area contributed by atoms with Gasteiger partial charge in [-0.1, -0.05) is 53.7 Å². The molecule has 1 aromatic carbocycles. The van der Waals surface area contributed by atoms with Crippen LogP contribution in [-0.4, -0.2) is 58.6 Å². The van der Waals surface area contributed by atoms with Crippen LogP contribution >= 0.6 is 0 Å². The van der Waals surface area contributed by atoms with E-state index in [2.05, 4.69) is 47.7 Å². The van der Waals surface area contributed by atoms with Crippen molar-refractivity contribution in [1.82, 2.24) is 4.31 Å². The summed E-state index contributed by atoms with van der Waals surface area (Å²) in [6.45, 7) is 18.0. The molecule has 4 rings (SSSR count). The van der Waals surface area contributed by atoms with Crippen LogP contribution < -0.4 is 4.74 Å². The second kappa shape index (κ2) is 10.4. The normalized spacial score (nSPS) is 28.8. The highest BCUT2D eigenvalue weighted by Gasteiger charge is 2.72. The van der Waals surface area contributed by atoms with Gasteiger partial charge < -0.3 is 13.9 Å². The smallest absolute Gasteiger partial charge is 0.241 e. The zero-order chi connectivity index (χ0) is 29.0. The summed E-state index contributed by atoms with van der Waals surface area (Å²) < 4.78 is 46.5. The molecule has 1 saturated heterocycles. The van der Waals surface area contributed by atoms with Gasteiger partial charge in [-0.3, -0.25) is 4.79 Å². The summed E-state index contributed by atoms with van der Waals surface area (Å²) in [6, 6.07) is 7.52. The molecular weight excluding hydrogens is 530 g/mol.